The summed E-state index contributed by atoms with van der Waals surface area (Å²) in [5.74, 6) is -0.295. The Morgan fingerprint density at radius 2 is 1.93 bits per heavy atom. The number of benzene rings is 1. The summed E-state index contributed by atoms with van der Waals surface area (Å²) in [7, 11) is 3.97. The summed E-state index contributed by atoms with van der Waals surface area (Å²) >= 11 is 1.56. The molecule has 8 heteroatoms. The fraction of sp³-hybridized carbons (Fsp3) is 0.409. The Balaban J connectivity index is 1.36. The molecule has 0 saturated carbocycles. The minimum absolute atomic E-state index is 0.295. The highest BCUT2D eigenvalue weighted by atomic mass is 32.1. The molecule has 2 bridgehead atoms. The number of thiazole rings is 1. The number of hydrogen-bond acceptors (Lipinski definition) is 6. The summed E-state index contributed by atoms with van der Waals surface area (Å²) in [5, 5.41) is 8.94. The highest BCUT2D eigenvalue weighted by Crippen LogP contribution is 2.37. The molecule has 0 spiro atoms. The van der Waals surface area contributed by atoms with Gasteiger partial charge in [0, 0.05) is 37.8 Å². The molecule has 30 heavy (non-hydrogen) atoms. The molecule has 154 valence electrons. The van der Waals surface area contributed by atoms with Gasteiger partial charge in [-0.2, -0.15) is 5.10 Å². The number of anilines is 1. The summed E-state index contributed by atoms with van der Waals surface area (Å²) < 4.78 is 17.6. The second-order valence-corrected chi connectivity index (χ2v) is 9.59. The molecule has 0 amide bonds. The van der Waals surface area contributed by atoms with Crippen LogP contribution in [-0.2, 0) is 7.05 Å². The lowest BCUT2D eigenvalue weighted by Crippen LogP contribution is -2.47. The van der Waals surface area contributed by atoms with Crippen LogP contribution in [0.15, 0.2) is 30.5 Å². The monoisotopic (exact) mass is 422 g/mol. The first-order chi connectivity index (χ1) is 14.5. The molecule has 5 heterocycles. The SMILES string of the molecule is CN(c1nc2c(F)cc(-c3ccc4nn(C)cc4n3)cc2s1)[C@@H]1C[C@H]2CC[C@@H](C1)N2. The van der Waals surface area contributed by atoms with E-state index in [1.54, 1.807) is 22.1 Å². The number of aromatic nitrogens is 4. The molecule has 1 aromatic carbocycles. The van der Waals surface area contributed by atoms with E-state index >= 15 is 0 Å². The van der Waals surface area contributed by atoms with Crippen molar-refractivity contribution in [3.05, 3.63) is 36.3 Å². The van der Waals surface area contributed by atoms with Crippen molar-refractivity contribution in [1.29, 1.82) is 0 Å². The highest BCUT2D eigenvalue weighted by molar-refractivity contribution is 7.22. The number of nitrogens with zero attached hydrogens (tertiary/aromatic N) is 5. The minimum Gasteiger partial charge on any atom is -0.348 e. The van der Waals surface area contributed by atoms with E-state index in [0.717, 1.165) is 45.0 Å². The van der Waals surface area contributed by atoms with E-state index in [2.05, 4.69) is 32.3 Å². The fourth-order valence-electron chi connectivity index (χ4n) is 4.96. The predicted molar refractivity (Wildman–Crippen MR) is 118 cm³/mol. The van der Waals surface area contributed by atoms with Crippen molar-refractivity contribution in [2.24, 2.45) is 7.05 Å². The van der Waals surface area contributed by atoms with Gasteiger partial charge >= 0.3 is 0 Å². The number of aryl methyl sites for hydroxylation is 1. The number of fused-ring (bicyclic) bond motifs is 4. The maximum Gasteiger partial charge on any atom is 0.186 e. The number of piperidine rings is 1. The van der Waals surface area contributed by atoms with Crippen LogP contribution in [-0.4, -0.2) is 44.9 Å². The lowest BCUT2D eigenvalue weighted by Gasteiger charge is -2.35. The zero-order valence-electron chi connectivity index (χ0n) is 17.0. The van der Waals surface area contributed by atoms with Gasteiger partial charge in [0.1, 0.15) is 16.6 Å². The first kappa shape index (κ1) is 18.2. The van der Waals surface area contributed by atoms with E-state index in [1.807, 2.05) is 31.4 Å². The third-order valence-corrected chi connectivity index (χ3v) is 7.60. The van der Waals surface area contributed by atoms with Gasteiger partial charge in [-0.15, -0.1) is 0 Å². The first-order valence-corrected chi connectivity index (χ1v) is 11.2. The normalized spacial score (nSPS) is 23.5. The molecule has 0 radical (unpaired) electrons. The molecule has 4 aromatic rings. The summed E-state index contributed by atoms with van der Waals surface area (Å²) in [6.07, 6.45) is 6.67. The minimum atomic E-state index is -0.295. The Morgan fingerprint density at radius 3 is 2.73 bits per heavy atom. The van der Waals surface area contributed by atoms with Crippen molar-refractivity contribution in [3.63, 3.8) is 0 Å². The van der Waals surface area contributed by atoms with Crippen molar-refractivity contribution in [2.75, 3.05) is 11.9 Å². The molecular weight excluding hydrogens is 399 g/mol. The molecular formula is C22H23FN6S. The summed E-state index contributed by atoms with van der Waals surface area (Å²) in [6.45, 7) is 0. The Kier molecular flexibility index (Phi) is 4.08. The van der Waals surface area contributed by atoms with Crippen LogP contribution in [0, 0.1) is 5.82 Å². The van der Waals surface area contributed by atoms with Gasteiger partial charge in [0.25, 0.3) is 0 Å². The van der Waals surface area contributed by atoms with E-state index in [9.17, 15) is 4.39 Å². The Labute approximate surface area is 177 Å². The van der Waals surface area contributed by atoms with Crippen molar-refractivity contribution < 1.29 is 4.39 Å². The van der Waals surface area contributed by atoms with Crippen molar-refractivity contribution >= 4 is 37.7 Å². The summed E-state index contributed by atoms with van der Waals surface area (Å²) in [4.78, 5) is 11.6. The van der Waals surface area contributed by atoms with Gasteiger partial charge < -0.3 is 10.2 Å². The molecule has 6 rings (SSSR count). The zero-order valence-corrected chi connectivity index (χ0v) is 17.8. The van der Waals surface area contributed by atoms with Crippen LogP contribution in [0.1, 0.15) is 25.7 Å². The maximum atomic E-state index is 15.0. The molecule has 2 aliphatic heterocycles. The van der Waals surface area contributed by atoms with E-state index in [0.29, 0.717) is 23.6 Å². The van der Waals surface area contributed by atoms with Gasteiger partial charge in [0.2, 0.25) is 0 Å². The van der Waals surface area contributed by atoms with Gasteiger partial charge in [-0.05, 0) is 49.9 Å². The van der Waals surface area contributed by atoms with Crippen LogP contribution >= 0.6 is 11.3 Å². The van der Waals surface area contributed by atoms with Crippen molar-refractivity contribution in [2.45, 2.75) is 43.8 Å². The van der Waals surface area contributed by atoms with E-state index < -0.39 is 0 Å². The molecule has 0 unspecified atom stereocenters. The highest BCUT2D eigenvalue weighted by Gasteiger charge is 2.35. The standard InChI is InChI=1S/C22H23FN6S/c1-28-11-19-18(27-28)6-5-17(25-19)12-7-16(23)21-20(8-12)30-22(26-21)29(2)15-9-13-3-4-14(10-15)24-13/h5-8,11,13-15,24H,3-4,9-10H2,1-2H3/t13-,14+,15-. The van der Waals surface area contributed by atoms with Crippen LogP contribution in [0.4, 0.5) is 9.52 Å². The van der Waals surface area contributed by atoms with Gasteiger partial charge in [0.05, 0.1) is 16.6 Å². The van der Waals surface area contributed by atoms with Gasteiger partial charge in [-0.1, -0.05) is 11.3 Å². The quantitative estimate of drug-likeness (QED) is 0.539. The number of halogens is 1. The predicted octanol–water partition coefficient (Wildman–Crippen LogP) is 4.10. The third-order valence-electron chi connectivity index (χ3n) is 6.51. The molecule has 2 fully saturated rings. The van der Waals surface area contributed by atoms with Crippen LogP contribution in [0.3, 0.4) is 0 Å². The number of hydrogen-bond donors (Lipinski definition) is 1. The Hall–Kier alpha value is -2.58. The van der Waals surface area contributed by atoms with Gasteiger partial charge in [-0.25, -0.2) is 14.4 Å². The van der Waals surface area contributed by atoms with Crippen molar-refractivity contribution in [1.82, 2.24) is 25.1 Å². The Bertz CT molecular complexity index is 1250. The molecule has 2 aliphatic rings. The lowest BCUT2D eigenvalue weighted by molar-refractivity contribution is 0.354. The third kappa shape index (κ3) is 2.97. The number of rotatable bonds is 3. The van der Waals surface area contributed by atoms with Gasteiger partial charge in [-0.3, -0.25) is 4.68 Å². The molecule has 2 saturated heterocycles. The van der Waals surface area contributed by atoms with Crippen LogP contribution in [0.5, 0.6) is 0 Å². The molecule has 3 atom stereocenters. The summed E-state index contributed by atoms with van der Waals surface area (Å²) in [6, 6.07) is 9.06. The maximum absolute atomic E-state index is 15.0. The summed E-state index contributed by atoms with van der Waals surface area (Å²) in [5.41, 5.74) is 3.60. The van der Waals surface area contributed by atoms with Crippen LogP contribution < -0.4 is 10.2 Å². The smallest absolute Gasteiger partial charge is 0.186 e. The van der Waals surface area contributed by atoms with E-state index in [4.69, 9.17) is 0 Å². The van der Waals surface area contributed by atoms with Crippen LogP contribution in [0.2, 0.25) is 0 Å². The Morgan fingerprint density at radius 1 is 1.13 bits per heavy atom. The van der Waals surface area contributed by atoms with Crippen LogP contribution in [0.25, 0.3) is 32.5 Å². The lowest BCUT2D eigenvalue weighted by atomic mass is 9.99. The molecule has 0 aliphatic carbocycles. The number of pyridine rings is 1. The zero-order chi connectivity index (χ0) is 20.4. The number of nitrogens with one attached hydrogen (secondary N) is 1. The average Bonchev–Trinajstić information content (AvgIpc) is 3.42. The first-order valence-electron chi connectivity index (χ1n) is 10.4. The van der Waals surface area contributed by atoms with Gasteiger partial charge in [0.15, 0.2) is 10.9 Å². The van der Waals surface area contributed by atoms with E-state index in [-0.39, 0.29) is 5.82 Å². The average molecular weight is 423 g/mol. The second kappa shape index (κ2) is 6.72. The molecule has 6 nitrogen and oxygen atoms in total. The largest absolute Gasteiger partial charge is 0.348 e. The van der Waals surface area contributed by atoms with E-state index in [1.165, 1.54) is 12.8 Å². The van der Waals surface area contributed by atoms with Crippen molar-refractivity contribution in [3.8, 4) is 11.3 Å². The fourth-order valence-corrected chi connectivity index (χ4v) is 6.01. The molecule has 3 aromatic heterocycles. The molecule has 1 N–H and O–H groups in total. The topological polar surface area (TPSA) is 58.9 Å². The second-order valence-electron chi connectivity index (χ2n) is 8.58.